The van der Waals surface area contributed by atoms with E-state index in [1.807, 2.05) is 0 Å². The van der Waals surface area contributed by atoms with Crippen LogP contribution in [-0.2, 0) is 14.3 Å². The van der Waals surface area contributed by atoms with Crippen molar-refractivity contribution in [3.05, 3.63) is 48.0 Å². The number of nitrogens with one attached hydrogen (secondary N) is 1. The first-order valence-corrected chi connectivity index (χ1v) is 11.1. The SMILES string of the molecule is COc1cc(C(=O)OCC(=O)Nc2ccccc2N2CCCC2=O)ccc1OCCC(C)C. The van der Waals surface area contributed by atoms with Gasteiger partial charge in [-0.15, -0.1) is 0 Å². The van der Waals surface area contributed by atoms with E-state index in [0.717, 1.165) is 12.8 Å². The number of benzene rings is 2. The highest BCUT2D eigenvalue weighted by Gasteiger charge is 2.24. The number of carbonyl (C=O) groups is 3. The molecule has 176 valence electrons. The lowest BCUT2D eigenvalue weighted by atomic mass is 10.1. The molecular weight excluding hydrogens is 424 g/mol. The number of amides is 2. The smallest absolute Gasteiger partial charge is 0.338 e. The summed E-state index contributed by atoms with van der Waals surface area (Å²) in [5.74, 6) is 0.346. The summed E-state index contributed by atoms with van der Waals surface area (Å²) >= 11 is 0. The lowest BCUT2D eigenvalue weighted by Crippen LogP contribution is -2.27. The molecule has 3 rings (SSSR count). The van der Waals surface area contributed by atoms with Gasteiger partial charge in [0.15, 0.2) is 18.1 Å². The van der Waals surface area contributed by atoms with Crippen molar-refractivity contribution in [1.82, 2.24) is 0 Å². The molecule has 0 aliphatic carbocycles. The summed E-state index contributed by atoms with van der Waals surface area (Å²) < 4.78 is 16.2. The van der Waals surface area contributed by atoms with Gasteiger partial charge in [-0.2, -0.15) is 0 Å². The van der Waals surface area contributed by atoms with Crippen molar-refractivity contribution in [3.8, 4) is 11.5 Å². The van der Waals surface area contributed by atoms with Crippen LogP contribution in [-0.4, -0.2) is 44.7 Å². The molecule has 1 aliphatic rings. The monoisotopic (exact) mass is 454 g/mol. The fraction of sp³-hybridized carbons (Fsp3) is 0.400. The van der Waals surface area contributed by atoms with Crippen molar-refractivity contribution in [3.63, 3.8) is 0 Å². The molecule has 0 saturated carbocycles. The van der Waals surface area contributed by atoms with Gasteiger partial charge in [-0.1, -0.05) is 26.0 Å². The fourth-order valence-corrected chi connectivity index (χ4v) is 3.44. The molecule has 2 amide bonds. The number of methoxy groups -OCH3 is 1. The Kier molecular flexibility index (Phi) is 8.29. The Morgan fingerprint density at radius 1 is 1.12 bits per heavy atom. The zero-order valence-electron chi connectivity index (χ0n) is 19.3. The lowest BCUT2D eigenvalue weighted by molar-refractivity contribution is -0.119. The Morgan fingerprint density at radius 3 is 2.61 bits per heavy atom. The first-order chi connectivity index (χ1) is 15.9. The van der Waals surface area contributed by atoms with E-state index in [9.17, 15) is 14.4 Å². The van der Waals surface area contributed by atoms with Gasteiger partial charge >= 0.3 is 5.97 Å². The van der Waals surface area contributed by atoms with Gasteiger partial charge in [-0.05, 0) is 49.1 Å². The molecule has 1 saturated heterocycles. The summed E-state index contributed by atoms with van der Waals surface area (Å²) in [7, 11) is 1.50. The predicted octanol–water partition coefficient (Wildman–Crippen LogP) is 4.04. The van der Waals surface area contributed by atoms with E-state index in [-0.39, 0.29) is 11.5 Å². The average molecular weight is 455 g/mol. The minimum Gasteiger partial charge on any atom is -0.493 e. The van der Waals surface area contributed by atoms with Crippen molar-refractivity contribution in [1.29, 1.82) is 0 Å². The Labute approximate surface area is 193 Å². The topological polar surface area (TPSA) is 94.2 Å². The molecule has 0 unspecified atom stereocenters. The van der Waals surface area contributed by atoms with Gasteiger partial charge in [0.2, 0.25) is 5.91 Å². The normalized spacial score (nSPS) is 13.2. The molecular formula is C25H30N2O6. The number of hydrogen-bond acceptors (Lipinski definition) is 6. The number of carbonyl (C=O) groups excluding carboxylic acids is 3. The second kappa shape index (κ2) is 11.4. The predicted molar refractivity (Wildman–Crippen MR) is 125 cm³/mol. The summed E-state index contributed by atoms with van der Waals surface area (Å²) in [4.78, 5) is 38.6. The van der Waals surface area contributed by atoms with Crippen molar-refractivity contribution >= 4 is 29.2 Å². The number of nitrogens with zero attached hydrogens (tertiary/aromatic N) is 1. The highest BCUT2D eigenvalue weighted by atomic mass is 16.5. The molecule has 1 heterocycles. The first-order valence-electron chi connectivity index (χ1n) is 11.1. The van der Waals surface area contributed by atoms with Crippen LogP contribution in [0.3, 0.4) is 0 Å². The fourth-order valence-electron chi connectivity index (χ4n) is 3.44. The van der Waals surface area contributed by atoms with Crippen LogP contribution >= 0.6 is 0 Å². The van der Waals surface area contributed by atoms with Gasteiger partial charge in [0.1, 0.15) is 0 Å². The number of esters is 1. The highest BCUT2D eigenvalue weighted by Crippen LogP contribution is 2.30. The third kappa shape index (κ3) is 6.47. The molecule has 8 nitrogen and oxygen atoms in total. The number of rotatable bonds is 10. The summed E-state index contributed by atoms with van der Waals surface area (Å²) in [5.41, 5.74) is 1.38. The van der Waals surface area contributed by atoms with Gasteiger partial charge < -0.3 is 24.4 Å². The second-order valence-corrected chi connectivity index (χ2v) is 8.19. The molecule has 2 aromatic carbocycles. The van der Waals surface area contributed by atoms with E-state index in [2.05, 4.69) is 19.2 Å². The van der Waals surface area contributed by atoms with Crippen LogP contribution < -0.4 is 19.7 Å². The average Bonchev–Trinajstić information content (AvgIpc) is 3.23. The van der Waals surface area contributed by atoms with Crippen molar-refractivity contribution in [2.75, 3.05) is 37.1 Å². The van der Waals surface area contributed by atoms with Gasteiger partial charge in [-0.3, -0.25) is 9.59 Å². The quantitative estimate of drug-likeness (QED) is 0.545. The minimum absolute atomic E-state index is 0.0220. The number of anilines is 2. The van der Waals surface area contributed by atoms with E-state index in [0.29, 0.717) is 48.4 Å². The Balaban J connectivity index is 1.58. The summed E-state index contributed by atoms with van der Waals surface area (Å²) in [6.45, 7) is 4.92. The van der Waals surface area contributed by atoms with Crippen LogP contribution in [0, 0.1) is 5.92 Å². The minimum atomic E-state index is -0.653. The summed E-state index contributed by atoms with van der Waals surface area (Å²) in [6, 6.07) is 11.8. The molecule has 0 spiro atoms. The Hall–Kier alpha value is -3.55. The van der Waals surface area contributed by atoms with E-state index >= 15 is 0 Å². The lowest BCUT2D eigenvalue weighted by Gasteiger charge is -2.20. The van der Waals surface area contributed by atoms with E-state index in [1.165, 1.54) is 13.2 Å². The summed E-state index contributed by atoms with van der Waals surface area (Å²) in [5, 5.41) is 2.72. The third-order valence-electron chi connectivity index (χ3n) is 5.23. The van der Waals surface area contributed by atoms with Crippen LogP contribution in [0.1, 0.15) is 43.5 Å². The standard InChI is InChI=1S/C25H30N2O6/c1-17(2)12-14-32-21-11-10-18(15-22(21)31-3)25(30)33-16-23(28)26-19-7-4-5-8-20(19)27-13-6-9-24(27)29/h4-5,7-8,10-11,15,17H,6,9,12-14,16H2,1-3H3,(H,26,28). The maximum absolute atomic E-state index is 12.5. The van der Waals surface area contributed by atoms with Crippen LogP contribution in [0.4, 0.5) is 11.4 Å². The largest absolute Gasteiger partial charge is 0.493 e. The van der Waals surface area contributed by atoms with Crippen LogP contribution in [0.2, 0.25) is 0 Å². The molecule has 0 atom stereocenters. The molecule has 1 fully saturated rings. The van der Waals surface area contributed by atoms with Crippen molar-refractivity contribution in [2.45, 2.75) is 33.1 Å². The van der Waals surface area contributed by atoms with E-state index < -0.39 is 18.5 Å². The van der Waals surface area contributed by atoms with Crippen molar-refractivity contribution in [2.24, 2.45) is 5.92 Å². The molecule has 2 aromatic rings. The summed E-state index contributed by atoms with van der Waals surface area (Å²) in [6.07, 6.45) is 2.17. The van der Waals surface area contributed by atoms with Crippen LogP contribution in [0.15, 0.2) is 42.5 Å². The molecule has 8 heteroatoms. The number of para-hydroxylation sites is 2. The van der Waals surface area contributed by atoms with Crippen LogP contribution in [0.25, 0.3) is 0 Å². The van der Waals surface area contributed by atoms with Crippen molar-refractivity contribution < 1.29 is 28.6 Å². The molecule has 0 aromatic heterocycles. The zero-order chi connectivity index (χ0) is 23.8. The maximum Gasteiger partial charge on any atom is 0.338 e. The maximum atomic E-state index is 12.5. The van der Waals surface area contributed by atoms with Gasteiger partial charge in [0.05, 0.1) is 30.7 Å². The van der Waals surface area contributed by atoms with Gasteiger partial charge in [0, 0.05) is 13.0 Å². The Morgan fingerprint density at radius 2 is 1.91 bits per heavy atom. The molecule has 33 heavy (non-hydrogen) atoms. The molecule has 1 N–H and O–H groups in total. The molecule has 0 bridgehead atoms. The second-order valence-electron chi connectivity index (χ2n) is 8.19. The molecule has 0 radical (unpaired) electrons. The first kappa shape index (κ1) is 24.1. The van der Waals surface area contributed by atoms with E-state index in [1.54, 1.807) is 41.3 Å². The zero-order valence-corrected chi connectivity index (χ0v) is 19.3. The number of ether oxygens (including phenoxy) is 3. The van der Waals surface area contributed by atoms with E-state index in [4.69, 9.17) is 14.2 Å². The highest BCUT2D eigenvalue weighted by molar-refractivity contribution is 6.02. The van der Waals surface area contributed by atoms with Gasteiger partial charge in [0.25, 0.3) is 5.91 Å². The number of hydrogen-bond donors (Lipinski definition) is 1. The van der Waals surface area contributed by atoms with Gasteiger partial charge in [-0.25, -0.2) is 4.79 Å². The van der Waals surface area contributed by atoms with Crippen LogP contribution in [0.5, 0.6) is 11.5 Å². The molecule has 1 aliphatic heterocycles. The third-order valence-corrected chi connectivity index (χ3v) is 5.23. The Bertz CT molecular complexity index is 1000.